The third-order valence-electron chi connectivity index (χ3n) is 10.8. The van der Waals surface area contributed by atoms with Crippen molar-refractivity contribution in [1.82, 2.24) is 15.0 Å². The molecule has 2 aliphatic rings. The topological polar surface area (TPSA) is 51.8 Å². The van der Waals surface area contributed by atoms with Gasteiger partial charge in [-0.15, -0.1) is 0 Å². The fraction of sp³-hybridized carbons (Fsp3) is 0.133. The van der Waals surface area contributed by atoms with E-state index in [0.717, 1.165) is 38.6 Å². The van der Waals surface area contributed by atoms with Crippen LogP contribution in [0.2, 0.25) is 0 Å². The minimum Gasteiger partial charge on any atom is -0.456 e. The van der Waals surface area contributed by atoms with Gasteiger partial charge in [-0.25, -0.2) is 15.0 Å². The van der Waals surface area contributed by atoms with Crippen LogP contribution in [0.1, 0.15) is 43.2 Å². The Morgan fingerprint density at radius 3 is 1.82 bits per heavy atom. The Labute approximate surface area is 285 Å². The second kappa shape index (κ2) is 11.1. The first kappa shape index (κ1) is 28.2. The molecule has 8 aromatic rings. The molecule has 1 saturated carbocycles. The van der Waals surface area contributed by atoms with Gasteiger partial charge in [0, 0.05) is 32.9 Å². The fourth-order valence-electron chi connectivity index (χ4n) is 8.36. The average molecular weight is 632 g/mol. The van der Waals surface area contributed by atoms with Crippen LogP contribution in [-0.2, 0) is 5.41 Å². The van der Waals surface area contributed by atoms with Crippen LogP contribution in [-0.4, -0.2) is 15.0 Å². The lowest BCUT2D eigenvalue weighted by Crippen LogP contribution is -2.28. The zero-order valence-corrected chi connectivity index (χ0v) is 27.1. The summed E-state index contributed by atoms with van der Waals surface area (Å²) in [4.78, 5) is 15.0. The third-order valence-corrected chi connectivity index (χ3v) is 10.8. The molecule has 1 fully saturated rings. The minimum atomic E-state index is 0.140. The van der Waals surface area contributed by atoms with E-state index >= 15 is 0 Å². The summed E-state index contributed by atoms with van der Waals surface area (Å²) in [5.41, 5.74) is 13.0. The van der Waals surface area contributed by atoms with Crippen molar-refractivity contribution in [3.05, 3.63) is 151 Å². The van der Waals surface area contributed by atoms with Crippen molar-refractivity contribution in [2.24, 2.45) is 0 Å². The second-order valence-electron chi connectivity index (χ2n) is 13.5. The van der Waals surface area contributed by atoms with Gasteiger partial charge in [0.2, 0.25) is 0 Å². The van der Waals surface area contributed by atoms with E-state index in [1.807, 2.05) is 60.7 Å². The molecule has 2 aromatic heterocycles. The molecule has 0 unspecified atom stereocenters. The van der Waals surface area contributed by atoms with Crippen LogP contribution in [0.3, 0.4) is 0 Å². The van der Waals surface area contributed by atoms with Gasteiger partial charge in [-0.05, 0) is 76.6 Å². The van der Waals surface area contributed by atoms with E-state index in [2.05, 4.69) is 78.9 Å². The highest BCUT2D eigenvalue weighted by molar-refractivity contribution is 6.06. The summed E-state index contributed by atoms with van der Waals surface area (Å²) >= 11 is 0. The molecule has 6 aromatic carbocycles. The number of hydrogen-bond donors (Lipinski definition) is 0. The Morgan fingerprint density at radius 1 is 0.408 bits per heavy atom. The summed E-state index contributed by atoms with van der Waals surface area (Å²) in [6.45, 7) is 0. The number of rotatable bonds is 4. The fourth-order valence-corrected chi connectivity index (χ4v) is 8.36. The molecule has 0 bridgehead atoms. The van der Waals surface area contributed by atoms with E-state index in [-0.39, 0.29) is 5.41 Å². The average Bonchev–Trinajstić information content (AvgIpc) is 3.68. The van der Waals surface area contributed by atoms with Crippen molar-refractivity contribution >= 4 is 21.9 Å². The highest BCUT2D eigenvalue weighted by Crippen LogP contribution is 2.56. The van der Waals surface area contributed by atoms with Gasteiger partial charge < -0.3 is 4.42 Å². The van der Waals surface area contributed by atoms with Gasteiger partial charge in [0.15, 0.2) is 17.5 Å². The zero-order chi connectivity index (χ0) is 32.4. The summed E-state index contributed by atoms with van der Waals surface area (Å²) in [7, 11) is 0. The van der Waals surface area contributed by atoms with E-state index in [1.165, 1.54) is 65.5 Å². The first-order valence-corrected chi connectivity index (χ1v) is 17.3. The third kappa shape index (κ3) is 4.55. The van der Waals surface area contributed by atoms with E-state index in [0.29, 0.717) is 17.5 Å². The smallest absolute Gasteiger partial charge is 0.164 e. The van der Waals surface area contributed by atoms with Gasteiger partial charge >= 0.3 is 0 Å². The lowest BCUT2D eigenvalue weighted by atomic mass is 9.67. The molecular formula is C45H33N3O. The Morgan fingerprint density at radius 2 is 1.00 bits per heavy atom. The molecule has 0 N–H and O–H groups in total. The maximum absolute atomic E-state index is 6.10. The molecule has 4 nitrogen and oxygen atoms in total. The first-order valence-electron chi connectivity index (χ1n) is 17.3. The van der Waals surface area contributed by atoms with Gasteiger partial charge in [-0.1, -0.05) is 128 Å². The number of nitrogens with zero attached hydrogens (tertiary/aromatic N) is 3. The summed E-state index contributed by atoms with van der Waals surface area (Å²) in [5, 5.41) is 2.13. The molecular weight excluding hydrogens is 599 g/mol. The second-order valence-corrected chi connectivity index (χ2v) is 13.5. The summed E-state index contributed by atoms with van der Waals surface area (Å²) < 4.78 is 6.10. The molecule has 2 heterocycles. The number of aromatic nitrogens is 3. The lowest BCUT2D eigenvalue weighted by molar-refractivity contribution is 0.353. The summed E-state index contributed by atoms with van der Waals surface area (Å²) in [5.74, 6) is 1.94. The van der Waals surface area contributed by atoms with Crippen LogP contribution in [0.15, 0.2) is 144 Å². The Balaban J connectivity index is 1.05. The quantitative estimate of drug-likeness (QED) is 0.194. The van der Waals surface area contributed by atoms with Crippen molar-refractivity contribution in [2.75, 3.05) is 0 Å². The SMILES string of the molecule is c1ccc(-c2nc(-c3ccc(-c4ccc5c(c4)C4(CCCCC4)c4ccccc4-5)cc3)nc(-c3ccc4oc5ccccc5c4c3)n2)cc1. The first-order chi connectivity index (χ1) is 24.2. The van der Waals surface area contributed by atoms with Crippen LogP contribution < -0.4 is 0 Å². The number of fused-ring (bicyclic) bond motifs is 8. The zero-order valence-electron chi connectivity index (χ0n) is 27.1. The van der Waals surface area contributed by atoms with Crippen LogP contribution in [0, 0.1) is 0 Å². The predicted octanol–water partition coefficient (Wildman–Crippen LogP) is 11.7. The Bertz CT molecular complexity index is 2520. The van der Waals surface area contributed by atoms with Gasteiger partial charge in [0.25, 0.3) is 0 Å². The number of furan rings is 1. The monoisotopic (exact) mass is 631 g/mol. The molecule has 10 rings (SSSR count). The Kier molecular flexibility index (Phi) is 6.38. The van der Waals surface area contributed by atoms with Gasteiger partial charge in [-0.3, -0.25) is 0 Å². The van der Waals surface area contributed by atoms with Crippen LogP contribution in [0.25, 0.3) is 78.4 Å². The highest BCUT2D eigenvalue weighted by atomic mass is 16.3. The van der Waals surface area contributed by atoms with Crippen LogP contribution >= 0.6 is 0 Å². The number of hydrogen-bond acceptors (Lipinski definition) is 4. The van der Waals surface area contributed by atoms with Crippen molar-refractivity contribution in [3.63, 3.8) is 0 Å². The molecule has 0 amide bonds. The normalized spacial score (nSPS) is 14.7. The molecule has 0 saturated heterocycles. The maximum Gasteiger partial charge on any atom is 0.164 e. The molecule has 0 atom stereocenters. The maximum atomic E-state index is 6.10. The largest absolute Gasteiger partial charge is 0.456 e. The lowest BCUT2D eigenvalue weighted by Gasteiger charge is -2.36. The van der Waals surface area contributed by atoms with E-state index in [9.17, 15) is 0 Å². The van der Waals surface area contributed by atoms with Gasteiger partial charge in [-0.2, -0.15) is 0 Å². The minimum absolute atomic E-state index is 0.140. The molecule has 49 heavy (non-hydrogen) atoms. The van der Waals surface area contributed by atoms with Crippen LogP contribution in [0.5, 0.6) is 0 Å². The molecule has 0 radical (unpaired) electrons. The van der Waals surface area contributed by atoms with Gasteiger partial charge in [0.1, 0.15) is 11.2 Å². The van der Waals surface area contributed by atoms with Crippen LogP contribution in [0.4, 0.5) is 0 Å². The van der Waals surface area contributed by atoms with E-state index in [1.54, 1.807) is 0 Å². The number of benzene rings is 6. The van der Waals surface area contributed by atoms with Gasteiger partial charge in [0.05, 0.1) is 0 Å². The summed E-state index contributed by atoms with van der Waals surface area (Å²) in [6.07, 6.45) is 6.37. The van der Waals surface area contributed by atoms with Crippen molar-refractivity contribution in [2.45, 2.75) is 37.5 Å². The van der Waals surface area contributed by atoms with Crippen molar-refractivity contribution < 1.29 is 4.42 Å². The highest BCUT2D eigenvalue weighted by Gasteiger charge is 2.43. The molecule has 1 spiro atoms. The summed E-state index contributed by atoms with van der Waals surface area (Å²) in [6, 6.07) is 49.4. The predicted molar refractivity (Wildman–Crippen MR) is 198 cm³/mol. The molecule has 0 aliphatic heterocycles. The van der Waals surface area contributed by atoms with Crippen molar-refractivity contribution in [1.29, 1.82) is 0 Å². The standard InChI is InChI=1S/C45H33N3O/c1-3-11-30(12-4-1)42-46-43(48-44(47-42)33-22-24-41-37(27-33)36-14-6-8-16-40(36)49-41)31-19-17-29(18-20-31)32-21-23-35-34-13-5-7-15-38(34)45(39(35)28-32)25-9-2-10-26-45/h1,3-8,11-24,27-28H,2,9-10,25-26H2. The molecule has 4 heteroatoms. The van der Waals surface area contributed by atoms with E-state index < -0.39 is 0 Å². The van der Waals surface area contributed by atoms with Crippen molar-refractivity contribution in [3.8, 4) is 56.4 Å². The molecule has 2 aliphatic carbocycles. The molecule has 234 valence electrons. The number of para-hydroxylation sites is 1. The Hall–Kier alpha value is -5.87. The van der Waals surface area contributed by atoms with E-state index in [4.69, 9.17) is 19.4 Å².